The Labute approximate surface area is 266 Å². The molecule has 0 saturated carbocycles. The highest BCUT2D eigenvalue weighted by atomic mass is 32.2. The van der Waals surface area contributed by atoms with Crippen molar-refractivity contribution in [2.24, 2.45) is 0 Å². The van der Waals surface area contributed by atoms with Gasteiger partial charge in [0.15, 0.2) is 0 Å². The van der Waals surface area contributed by atoms with E-state index in [1.165, 1.54) is 24.3 Å². The molecule has 4 aromatic rings. The first kappa shape index (κ1) is 31.1. The molecule has 16 heteroatoms. The number of hydrogen-bond donors (Lipinski definition) is 1. The van der Waals surface area contributed by atoms with Crippen LogP contribution in [0.15, 0.2) is 60.7 Å². The molecule has 1 N–H and O–H groups in total. The fourth-order valence-electron chi connectivity index (χ4n) is 5.97. The molecule has 6 rings (SSSR count). The molecule has 2 aliphatic rings. The van der Waals surface area contributed by atoms with Crippen LogP contribution in [0.2, 0.25) is 0 Å². The largest absolute Gasteiger partial charge is 0.315 e. The Hall–Kier alpha value is -5.87. The van der Waals surface area contributed by atoms with Crippen molar-refractivity contribution in [2.75, 3.05) is 26.2 Å². The summed E-state index contributed by atoms with van der Waals surface area (Å²) in [7, 11) is -2.67. The molecule has 47 heavy (non-hydrogen) atoms. The van der Waals surface area contributed by atoms with Crippen LogP contribution in [-0.2, 0) is 10.3 Å². The number of rotatable bonds is 11. The molecule has 4 amide bonds. The Bertz CT molecular complexity index is 2240. The summed E-state index contributed by atoms with van der Waals surface area (Å²) in [4.78, 5) is 76.2. The van der Waals surface area contributed by atoms with Gasteiger partial charge in [0.2, 0.25) is 10.3 Å². The maximum Gasteiger partial charge on any atom is 0.270 e. The van der Waals surface area contributed by atoms with E-state index in [4.69, 9.17) is 0 Å². The Kier molecular flexibility index (Phi) is 8.04. The number of hydrogen-bond acceptors (Lipinski definition) is 11. The number of nitrogens with one attached hydrogen (secondary N) is 1. The Morgan fingerprint density at radius 3 is 1.57 bits per heavy atom. The zero-order chi connectivity index (χ0) is 33.6. The number of carbonyl (C=O) groups is 4. The summed E-state index contributed by atoms with van der Waals surface area (Å²) in [6.07, 6.45) is -0.196. The molecule has 0 unspecified atom stereocenters. The van der Waals surface area contributed by atoms with E-state index in [2.05, 4.69) is 5.32 Å². The van der Waals surface area contributed by atoms with Crippen molar-refractivity contribution >= 4 is 71.7 Å². The fraction of sp³-hybridized carbons (Fsp3) is 0.194. The van der Waals surface area contributed by atoms with Crippen molar-refractivity contribution in [3.8, 4) is 0 Å². The number of nitrogens with zero attached hydrogens (tertiary/aromatic N) is 4. The average Bonchev–Trinajstić information content (AvgIpc) is 3.05. The third-order valence-electron chi connectivity index (χ3n) is 8.19. The van der Waals surface area contributed by atoms with E-state index in [1.807, 2.05) is 0 Å². The Balaban J connectivity index is 1.09. The van der Waals surface area contributed by atoms with Gasteiger partial charge in [-0.2, -0.15) is 8.42 Å². The monoisotopic (exact) mass is 657 g/mol. The zero-order valence-electron chi connectivity index (χ0n) is 24.3. The number of amides is 4. The third-order valence-corrected chi connectivity index (χ3v) is 9.07. The maximum atomic E-state index is 13.3. The van der Waals surface area contributed by atoms with Crippen molar-refractivity contribution in [2.45, 2.75) is 12.8 Å². The number of nitro benzene ring substituents is 2. The lowest BCUT2D eigenvalue weighted by atomic mass is 9.93. The lowest BCUT2D eigenvalue weighted by Crippen LogP contribution is -2.44. The summed E-state index contributed by atoms with van der Waals surface area (Å²) in [6, 6.07) is 14.1. The normalized spacial score (nSPS) is 13.9. The SMILES string of the molecule is O=C1c2cccc3cc([N+](=O)[O-])cc(c23)C(=O)N1CCNCCC(CCN1C(=O)c2cccc3cc([N+](=O)[O-])cc(c23)C1=O)=S(=O)=O. The van der Waals surface area contributed by atoms with Crippen LogP contribution in [0.1, 0.15) is 54.3 Å². The summed E-state index contributed by atoms with van der Waals surface area (Å²) in [6.45, 7) is -0.195. The van der Waals surface area contributed by atoms with E-state index in [0.717, 1.165) is 21.9 Å². The van der Waals surface area contributed by atoms with Crippen molar-refractivity contribution in [3.05, 3.63) is 103 Å². The number of nitro groups is 2. The maximum absolute atomic E-state index is 13.3. The minimum Gasteiger partial charge on any atom is -0.315 e. The minimum atomic E-state index is -2.67. The molecule has 0 aliphatic carbocycles. The van der Waals surface area contributed by atoms with Gasteiger partial charge in [-0.05, 0) is 35.9 Å². The highest BCUT2D eigenvalue weighted by Crippen LogP contribution is 2.35. The van der Waals surface area contributed by atoms with Crippen LogP contribution in [0.4, 0.5) is 11.4 Å². The van der Waals surface area contributed by atoms with E-state index in [1.54, 1.807) is 24.3 Å². The minimum absolute atomic E-state index is 0.000752. The third kappa shape index (κ3) is 5.49. The predicted octanol–water partition coefficient (Wildman–Crippen LogP) is 3.12. The Morgan fingerprint density at radius 2 is 1.11 bits per heavy atom. The van der Waals surface area contributed by atoms with E-state index in [0.29, 0.717) is 21.5 Å². The number of non-ortho nitro benzene ring substituents is 2. The van der Waals surface area contributed by atoms with Crippen LogP contribution in [0.3, 0.4) is 0 Å². The van der Waals surface area contributed by atoms with Gasteiger partial charge in [-0.25, -0.2) is 0 Å². The summed E-state index contributed by atoms with van der Waals surface area (Å²) in [5.41, 5.74) is -0.173. The van der Waals surface area contributed by atoms with Gasteiger partial charge >= 0.3 is 0 Å². The molecule has 2 aliphatic heterocycles. The van der Waals surface area contributed by atoms with Gasteiger partial charge in [-0.1, -0.05) is 24.3 Å². The molecule has 2 heterocycles. The topological polar surface area (TPSA) is 207 Å². The average molecular weight is 658 g/mol. The molecule has 4 aromatic carbocycles. The molecular formula is C31H23N5O10S. The van der Waals surface area contributed by atoms with E-state index < -0.39 is 43.8 Å². The van der Waals surface area contributed by atoms with E-state index in [-0.39, 0.29) is 77.5 Å². The van der Waals surface area contributed by atoms with Gasteiger partial charge in [-0.15, -0.1) is 0 Å². The van der Waals surface area contributed by atoms with Crippen LogP contribution >= 0.6 is 0 Å². The molecule has 0 bridgehead atoms. The molecule has 0 saturated heterocycles. The second kappa shape index (κ2) is 12.1. The first-order valence-corrected chi connectivity index (χ1v) is 15.3. The van der Waals surface area contributed by atoms with E-state index in [9.17, 15) is 47.8 Å². The zero-order valence-corrected chi connectivity index (χ0v) is 25.1. The van der Waals surface area contributed by atoms with Gasteiger partial charge < -0.3 is 5.32 Å². The second-order valence-corrected chi connectivity index (χ2v) is 11.9. The highest BCUT2D eigenvalue weighted by molar-refractivity contribution is 7.73. The van der Waals surface area contributed by atoms with Crippen LogP contribution < -0.4 is 5.32 Å². The Morgan fingerprint density at radius 1 is 0.638 bits per heavy atom. The van der Waals surface area contributed by atoms with Gasteiger partial charge in [0.1, 0.15) is 0 Å². The smallest absolute Gasteiger partial charge is 0.270 e. The van der Waals surface area contributed by atoms with Crippen molar-refractivity contribution in [1.82, 2.24) is 15.1 Å². The molecule has 0 atom stereocenters. The summed E-state index contributed by atoms with van der Waals surface area (Å²) in [5.74, 6) is -2.66. The van der Waals surface area contributed by atoms with Gasteiger partial charge in [0, 0.05) is 72.2 Å². The van der Waals surface area contributed by atoms with Crippen molar-refractivity contribution < 1.29 is 37.4 Å². The van der Waals surface area contributed by atoms with Gasteiger partial charge in [-0.3, -0.25) is 49.2 Å². The van der Waals surface area contributed by atoms with Crippen LogP contribution in [0.25, 0.3) is 21.5 Å². The summed E-state index contributed by atoms with van der Waals surface area (Å²) < 4.78 is 24.0. The van der Waals surface area contributed by atoms with Crippen LogP contribution in [-0.4, -0.2) is 82.7 Å². The lowest BCUT2D eigenvalue weighted by molar-refractivity contribution is -0.384. The number of imide groups is 2. The molecule has 0 fully saturated rings. The lowest BCUT2D eigenvalue weighted by Gasteiger charge is -2.27. The first-order chi connectivity index (χ1) is 22.5. The molecular weight excluding hydrogens is 634 g/mol. The molecule has 0 spiro atoms. The van der Waals surface area contributed by atoms with Gasteiger partial charge in [0.05, 0.1) is 25.8 Å². The molecule has 238 valence electrons. The highest BCUT2D eigenvalue weighted by Gasteiger charge is 2.35. The first-order valence-electron chi connectivity index (χ1n) is 14.3. The molecule has 0 radical (unpaired) electrons. The second-order valence-electron chi connectivity index (χ2n) is 10.9. The molecule has 15 nitrogen and oxygen atoms in total. The van der Waals surface area contributed by atoms with Crippen molar-refractivity contribution in [1.29, 1.82) is 0 Å². The summed E-state index contributed by atoms with van der Waals surface area (Å²) >= 11 is 0. The number of benzene rings is 4. The standard InChI is InChI=1S/C31H23N5O10S/c37-28-22-5-1-3-17-13-19(35(41)42)15-24(26(17)22)30(39)33(28)11-8-21(47(45)46)7-9-32-10-12-34-29(38)23-6-2-4-18-14-20(36(43)44)16-25(27(18)23)31(34)40/h1-6,13-16,32H,7-12H2. The van der Waals surface area contributed by atoms with Crippen LogP contribution in [0.5, 0.6) is 0 Å². The number of carbonyl (C=O) groups excluding carboxylic acids is 4. The predicted molar refractivity (Wildman–Crippen MR) is 168 cm³/mol. The van der Waals surface area contributed by atoms with Gasteiger partial charge in [0.25, 0.3) is 35.0 Å². The van der Waals surface area contributed by atoms with Crippen LogP contribution in [0, 0.1) is 20.2 Å². The quantitative estimate of drug-likeness (QED) is 0.0815. The summed E-state index contributed by atoms with van der Waals surface area (Å²) in [5, 5.41) is 27.2. The van der Waals surface area contributed by atoms with Crippen molar-refractivity contribution in [3.63, 3.8) is 0 Å². The molecule has 0 aromatic heterocycles. The fourth-order valence-corrected chi connectivity index (χ4v) is 6.50. The van der Waals surface area contributed by atoms with E-state index >= 15 is 0 Å².